The number of aryl methyl sites for hydroxylation is 3. The topological polar surface area (TPSA) is 38.3 Å². The molecule has 3 nitrogen and oxygen atoms in total. The number of hydrogen-bond acceptors (Lipinski definition) is 2. The Labute approximate surface area is 145 Å². The smallest absolute Gasteiger partial charge is 0.265 e. The first-order valence-electron chi connectivity index (χ1n) is 8.74. The molecule has 2 aromatic carbocycles. The van der Waals surface area contributed by atoms with Gasteiger partial charge in [-0.05, 0) is 48.9 Å². The zero-order chi connectivity index (χ0) is 17.5. The number of para-hydroxylation sites is 2. The summed E-state index contributed by atoms with van der Waals surface area (Å²) >= 11 is 0. The fourth-order valence-electron chi connectivity index (χ4n) is 2.77. The molecule has 2 rings (SSSR count). The Kier molecular flexibility index (Phi) is 6.42. The molecule has 0 saturated heterocycles. The quantitative estimate of drug-likeness (QED) is 0.785. The molecule has 0 aliphatic heterocycles. The number of carbonyl (C=O) groups is 1. The molecule has 0 aromatic heterocycles. The van der Waals surface area contributed by atoms with Gasteiger partial charge < -0.3 is 10.1 Å². The van der Waals surface area contributed by atoms with Gasteiger partial charge in [-0.15, -0.1) is 0 Å². The summed E-state index contributed by atoms with van der Waals surface area (Å²) in [6.07, 6.45) is 1.90. The van der Waals surface area contributed by atoms with Gasteiger partial charge >= 0.3 is 0 Å². The Morgan fingerprint density at radius 3 is 2.17 bits per heavy atom. The van der Waals surface area contributed by atoms with Crippen molar-refractivity contribution in [3.05, 3.63) is 59.2 Å². The number of ether oxygens (including phenoxy) is 1. The number of rotatable bonds is 7. The molecule has 0 unspecified atom stereocenters. The Hall–Kier alpha value is -2.29. The van der Waals surface area contributed by atoms with Gasteiger partial charge in [0.2, 0.25) is 0 Å². The van der Waals surface area contributed by atoms with Gasteiger partial charge in [0.25, 0.3) is 5.91 Å². The van der Waals surface area contributed by atoms with Crippen molar-refractivity contribution in [2.75, 3.05) is 5.32 Å². The molecule has 1 atom stereocenters. The van der Waals surface area contributed by atoms with E-state index in [1.54, 1.807) is 0 Å². The van der Waals surface area contributed by atoms with E-state index in [0.29, 0.717) is 6.42 Å². The van der Waals surface area contributed by atoms with E-state index in [1.165, 1.54) is 0 Å². The molecular weight excluding hydrogens is 298 g/mol. The lowest BCUT2D eigenvalue weighted by molar-refractivity contribution is -0.122. The first-order chi connectivity index (χ1) is 11.6. The highest BCUT2D eigenvalue weighted by atomic mass is 16.5. The van der Waals surface area contributed by atoms with E-state index in [0.717, 1.165) is 41.0 Å². The van der Waals surface area contributed by atoms with Crippen molar-refractivity contribution in [2.45, 2.75) is 53.1 Å². The summed E-state index contributed by atoms with van der Waals surface area (Å²) in [5.41, 5.74) is 4.30. The molecule has 0 saturated carbocycles. The van der Waals surface area contributed by atoms with Gasteiger partial charge in [-0.1, -0.05) is 57.2 Å². The van der Waals surface area contributed by atoms with Crippen molar-refractivity contribution in [3.8, 4) is 5.75 Å². The van der Waals surface area contributed by atoms with Crippen molar-refractivity contribution in [1.29, 1.82) is 0 Å². The minimum atomic E-state index is -0.499. The van der Waals surface area contributed by atoms with Crippen LogP contribution < -0.4 is 10.1 Å². The maximum absolute atomic E-state index is 12.8. The van der Waals surface area contributed by atoms with Gasteiger partial charge in [-0.2, -0.15) is 0 Å². The van der Waals surface area contributed by atoms with E-state index in [1.807, 2.05) is 38.1 Å². The predicted octanol–water partition coefficient (Wildman–Crippen LogP) is 4.92. The van der Waals surface area contributed by atoms with Gasteiger partial charge in [0.1, 0.15) is 5.75 Å². The molecule has 24 heavy (non-hydrogen) atoms. The lowest BCUT2D eigenvalue weighted by atomic mass is 10.0. The molecule has 0 bridgehead atoms. The summed E-state index contributed by atoms with van der Waals surface area (Å²) in [4.78, 5) is 12.8. The van der Waals surface area contributed by atoms with Gasteiger partial charge in [0.15, 0.2) is 6.10 Å². The number of anilines is 1. The molecule has 128 valence electrons. The first kappa shape index (κ1) is 18.1. The Balaban J connectivity index is 2.20. The average molecular weight is 325 g/mol. The number of benzene rings is 2. The summed E-state index contributed by atoms with van der Waals surface area (Å²) < 4.78 is 5.96. The second-order valence-electron chi connectivity index (χ2n) is 5.93. The number of hydrogen-bond donors (Lipinski definition) is 1. The Morgan fingerprint density at radius 1 is 1.00 bits per heavy atom. The van der Waals surface area contributed by atoms with Crippen LogP contribution in [-0.4, -0.2) is 12.0 Å². The van der Waals surface area contributed by atoms with Crippen molar-refractivity contribution in [1.82, 2.24) is 0 Å². The summed E-state index contributed by atoms with van der Waals surface area (Å²) in [6.45, 7) is 8.16. The van der Waals surface area contributed by atoms with Crippen LogP contribution in [0.25, 0.3) is 0 Å². The van der Waals surface area contributed by atoms with Crippen LogP contribution in [0, 0.1) is 6.92 Å². The van der Waals surface area contributed by atoms with Crippen LogP contribution in [0.3, 0.4) is 0 Å². The van der Waals surface area contributed by atoms with E-state index in [9.17, 15) is 4.79 Å². The summed E-state index contributed by atoms with van der Waals surface area (Å²) in [6, 6.07) is 14.0. The molecule has 0 spiro atoms. The van der Waals surface area contributed by atoms with E-state index < -0.39 is 6.10 Å². The van der Waals surface area contributed by atoms with Crippen molar-refractivity contribution in [3.63, 3.8) is 0 Å². The van der Waals surface area contributed by atoms with E-state index >= 15 is 0 Å². The zero-order valence-electron chi connectivity index (χ0n) is 15.1. The van der Waals surface area contributed by atoms with Crippen molar-refractivity contribution >= 4 is 11.6 Å². The lowest BCUT2D eigenvalue weighted by Crippen LogP contribution is -2.33. The molecular formula is C21H27NO2. The minimum Gasteiger partial charge on any atom is -0.480 e. The first-order valence-corrected chi connectivity index (χ1v) is 8.74. The highest BCUT2D eigenvalue weighted by Gasteiger charge is 2.21. The minimum absolute atomic E-state index is 0.0867. The molecule has 0 aliphatic rings. The maximum atomic E-state index is 12.8. The van der Waals surface area contributed by atoms with E-state index in [-0.39, 0.29) is 5.91 Å². The van der Waals surface area contributed by atoms with Crippen LogP contribution in [0.1, 0.15) is 43.9 Å². The molecule has 0 fully saturated rings. The highest BCUT2D eigenvalue weighted by Crippen LogP contribution is 2.24. The molecule has 1 N–H and O–H groups in total. The second-order valence-corrected chi connectivity index (χ2v) is 5.93. The van der Waals surface area contributed by atoms with Crippen LogP contribution in [0.5, 0.6) is 5.75 Å². The van der Waals surface area contributed by atoms with Gasteiger partial charge in [0.05, 0.1) is 0 Å². The molecule has 1 amide bonds. The van der Waals surface area contributed by atoms with Crippen molar-refractivity contribution < 1.29 is 9.53 Å². The van der Waals surface area contributed by atoms with Crippen LogP contribution in [0.4, 0.5) is 5.69 Å². The SMILES string of the molecule is CCc1cccc(CC)c1NC(=O)[C@@H](CC)Oc1ccccc1C. The molecule has 2 aromatic rings. The third-order valence-electron chi connectivity index (χ3n) is 4.27. The number of carbonyl (C=O) groups excluding carboxylic acids is 1. The number of nitrogens with one attached hydrogen (secondary N) is 1. The van der Waals surface area contributed by atoms with Gasteiger partial charge in [-0.3, -0.25) is 4.79 Å². The lowest BCUT2D eigenvalue weighted by Gasteiger charge is -2.21. The zero-order valence-corrected chi connectivity index (χ0v) is 15.1. The Morgan fingerprint density at radius 2 is 1.62 bits per heavy atom. The van der Waals surface area contributed by atoms with E-state index in [4.69, 9.17) is 4.74 Å². The van der Waals surface area contributed by atoms with Crippen molar-refractivity contribution in [2.24, 2.45) is 0 Å². The Bertz CT molecular complexity index is 672. The van der Waals surface area contributed by atoms with Crippen LogP contribution in [0.15, 0.2) is 42.5 Å². The van der Waals surface area contributed by atoms with Gasteiger partial charge in [-0.25, -0.2) is 0 Å². The van der Waals surface area contributed by atoms with Crippen LogP contribution >= 0.6 is 0 Å². The second kappa shape index (κ2) is 8.53. The van der Waals surface area contributed by atoms with Gasteiger partial charge in [0, 0.05) is 5.69 Å². The summed E-state index contributed by atoms with van der Waals surface area (Å²) in [5.74, 6) is 0.676. The molecule has 0 radical (unpaired) electrons. The standard InChI is InChI=1S/C21H27NO2/c1-5-16-12-10-13-17(6-2)20(16)22-21(23)18(7-3)24-19-14-9-8-11-15(19)4/h8-14,18H,5-7H2,1-4H3,(H,22,23)/t18-/m1/s1. The highest BCUT2D eigenvalue weighted by molar-refractivity contribution is 5.95. The van der Waals surface area contributed by atoms with Crippen LogP contribution in [0.2, 0.25) is 0 Å². The molecule has 0 aliphatic carbocycles. The van der Waals surface area contributed by atoms with Crippen LogP contribution in [-0.2, 0) is 17.6 Å². The molecule has 3 heteroatoms. The fraction of sp³-hybridized carbons (Fsp3) is 0.381. The maximum Gasteiger partial charge on any atom is 0.265 e. The average Bonchev–Trinajstić information content (AvgIpc) is 2.61. The third kappa shape index (κ3) is 4.16. The molecule has 0 heterocycles. The fourth-order valence-corrected chi connectivity index (χ4v) is 2.77. The monoisotopic (exact) mass is 325 g/mol. The summed E-state index contributed by atoms with van der Waals surface area (Å²) in [7, 11) is 0. The number of amides is 1. The predicted molar refractivity (Wildman–Crippen MR) is 99.7 cm³/mol. The third-order valence-corrected chi connectivity index (χ3v) is 4.27. The van der Waals surface area contributed by atoms with E-state index in [2.05, 4.69) is 37.4 Å². The largest absolute Gasteiger partial charge is 0.480 e. The normalized spacial score (nSPS) is 11.8. The summed E-state index contributed by atoms with van der Waals surface area (Å²) in [5, 5.41) is 3.11.